The molecule has 0 aliphatic carbocycles. The lowest BCUT2D eigenvalue weighted by Gasteiger charge is -2.04. The zero-order valence-corrected chi connectivity index (χ0v) is 10.7. The Morgan fingerprint density at radius 2 is 1.94 bits per heavy atom. The fourth-order valence-corrected chi connectivity index (χ4v) is 1.98. The van der Waals surface area contributed by atoms with Gasteiger partial charge in [-0.3, -0.25) is 0 Å². The maximum absolute atomic E-state index is 6.13. The minimum atomic E-state index is 0.697. The molecule has 0 aliphatic rings. The topological polar surface area (TPSA) is 74.5 Å². The first kappa shape index (κ1) is 11.6. The van der Waals surface area contributed by atoms with Crippen molar-refractivity contribution < 1.29 is 0 Å². The van der Waals surface area contributed by atoms with E-state index in [4.69, 9.17) is 5.73 Å². The third kappa shape index (κ3) is 1.90. The Morgan fingerprint density at radius 1 is 1.24 bits per heavy atom. The molecule has 0 saturated heterocycles. The standard InChI is InChI=1S/C11H18N6/c1-5-6-9-10(12)11(16(4)15-9)17-8(3)13-7(2)14-17/h5-6,12H2,1-4H3. The predicted octanol–water partition coefficient (Wildman–Crippen LogP) is 1.15. The molecule has 0 aliphatic heterocycles. The third-order valence-electron chi connectivity index (χ3n) is 2.69. The van der Waals surface area contributed by atoms with Crippen LogP contribution in [0.3, 0.4) is 0 Å². The van der Waals surface area contributed by atoms with Gasteiger partial charge >= 0.3 is 0 Å². The fourth-order valence-electron chi connectivity index (χ4n) is 1.98. The molecular weight excluding hydrogens is 216 g/mol. The van der Waals surface area contributed by atoms with Gasteiger partial charge in [0.2, 0.25) is 0 Å². The largest absolute Gasteiger partial charge is 0.394 e. The highest BCUT2D eigenvalue weighted by molar-refractivity contribution is 5.57. The first-order valence-corrected chi connectivity index (χ1v) is 5.76. The minimum Gasteiger partial charge on any atom is -0.394 e. The summed E-state index contributed by atoms with van der Waals surface area (Å²) in [7, 11) is 1.88. The second-order valence-electron chi connectivity index (χ2n) is 4.18. The number of nitrogens with two attached hydrogens (primary N) is 1. The van der Waals surface area contributed by atoms with Gasteiger partial charge in [0.25, 0.3) is 0 Å². The molecule has 2 N–H and O–H groups in total. The monoisotopic (exact) mass is 234 g/mol. The van der Waals surface area contributed by atoms with Crippen molar-refractivity contribution in [2.45, 2.75) is 33.6 Å². The number of aryl methyl sites for hydroxylation is 4. The van der Waals surface area contributed by atoms with E-state index >= 15 is 0 Å². The lowest BCUT2D eigenvalue weighted by Crippen LogP contribution is -2.08. The zero-order valence-electron chi connectivity index (χ0n) is 10.7. The Hall–Kier alpha value is -1.85. The number of nitrogens with zero attached hydrogens (tertiary/aromatic N) is 5. The van der Waals surface area contributed by atoms with E-state index in [1.807, 2.05) is 20.9 Å². The molecule has 2 rings (SSSR count). The smallest absolute Gasteiger partial charge is 0.177 e. The zero-order chi connectivity index (χ0) is 12.6. The van der Waals surface area contributed by atoms with Crippen molar-refractivity contribution in [3.8, 4) is 5.82 Å². The van der Waals surface area contributed by atoms with E-state index in [1.54, 1.807) is 9.36 Å². The Bertz CT molecular complexity index is 536. The highest BCUT2D eigenvalue weighted by Crippen LogP contribution is 2.22. The van der Waals surface area contributed by atoms with E-state index in [-0.39, 0.29) is 0 Å². The second kappa shape index (κ2) is 4.20. The maximum atomic E-state index is 6.13. The van der Waals surface area contributed by atoms with Gasteiger partial charge in [-0.05, 0) is 20.3 Å². The van der Waals surface area contributed by atoms with Crippen LogP contribution in [0.4, 0.5) is 5.69 Å². The van der Waals surface area contributed by atoms with Crippen molar-refractivity contribution in [3.05, 3.63) is 17.3 Å². The summed E-state index contributed by atoms with van der Waals surface area (Å²) < 4.78 is 3.51. The fraction of sp³-hybridized carbons (Fsp3) is 0.545. The summed E-state index contributed by atoms with van der Waals surface area (Å²) in [5, 5.41) is 8.77. The third-order valence-corrected chi connectivity index (χ3v) is 2.69. The molecule has 17 heavy (non-hydrogen) atoms. The summed E-state index contributed by atoms with van der Waals surface area (Å²) in [6.45, 7) is 5.88. The molecule has 0 bridgehead atoms. The van der Waals surface area contributed by atoms with Gasteiger partial charge in [0, 0.05) is 7.05 Å². The Balaban J connectivity index is 2.55. The number of hydrogen-bond donors (Lipinski definition) is 1. The molecule has 0 spiro atoms. The van der Waals surface area contributed by atoms with Crippen LogP contribution in [0.25, 0.3) is 5.82 Å². The molecule has 2 aromatic rings. The van der Waals surface area contributed by atoms with Crippen LogP contribution in [0, 0.1) is 13.8 Å². The van der Waals surface area contributed by atoms with Gasteiger partial charge in [0.15, 0.2) is 5.82 Å². The van der Waals surface area contributed by atoms with E-state index in [0.717, 1.165) is 36.0 Å². The van der Waals surface area contributed by atoms with E-state index in [0.29, 0.717) is 5.69 Å². The Labute approximate surface area is 100 Å². The predicted molar refractivity (Wildman–Crippen MR) is 66.0 cm³/mol. The molecule has 2 heterocycles. The Morgan fingerprint density at radius 3 is 2.47 bits per heavy atom. The van der Waals surface area contributed by atoms with Crippen LogP contribution in [-0.4, -0.2) is 24.5 Å². The van der Waals surface area contributed by atoms with Gasteiger partial charge in [-0.15, -0.1) is 5.10 Å². The van der Waals surface area contributed by atoms with Crippen molar-refractivity contribution in [2.24, 2.45) is 7.05 Å². The molecule has 0 unspecified atom stereocenters. The van der Waals surface area contributed by atoms with Crippen LogP contribution in [0.1, 0.15) is 30.7 Å². The summed E-state index contributed by atoms with van der Waals surface area (Å²) in [5.41, 5.74) is 7.75. The summed E-state index contributed by atoms with van der Waals surface area (Å²) in [5.74, 6) is 2.35. The van der Waals surface area contributed by atoms with Crippen LogP contribution in [0.5, 0.6) is 0 Å². The van der Waals surface area contributed by atoms with Crippen LogP contribution in [0.15, 0.2) is 0 Å². The van der Waals surface area contributed by atoms with Gasteiger partial charge in [-0.25, -0.2) is 9.67 Å². The molecule has 0 atom stereocenters. The lowest BCUT2D eigenvalue weighted by atomic mass is 10.2. The minimum absolute atomic E-state index is 0.697. The Kier molecular flexibility index (Phi) is 2.87. The molecule has 6 nitrogen and oxygen atoms in total. The summed E-state index contributed by atoms with van der Waals surface area (Å²) in [6, 6.07) is 0. The van der Waals surface area contributed by atoms with E-state index in [1.165, 1.54) is 0 Å². The summed E-state index contributed by atoms with van der Waals surface area (Å²) in [4.78, 5) is 4.28. The molecule has 92 valence electrons. The van der Waals surface area contributed by atoms with Gasteiger partial charge in [0.1, 0.15) is 17.3 Å². The molecule has 0 saturated carbocycles. The number of hydrogen-bond acceptors (Lipinski definition) is 4. The van der Waals surface area contributed by atoms with Gasteiger partial charge in [-0.2, -0.15) is 9.78 Å². The second-order valence-corrected chi connectivity index (χ2v) is 4.18. The van der Waals surface area contributed by atoms with Crippen molar-refractivity contribution in [1.82, 2.24) is 24.5 Å². The average Bonchev–Trinajstić information content (AvgIpc) is 2.69. The summed E-state index contributed by atoms with van der Waals surface area (Å²) >= 11 is 0. The van der Waals surface area contributed by atoms with Crippen LogP contribution >= 0.6 is 0 Å². The highest BCUT2D eigenvalue weighted by Gasteiger charge is 2.17. The number of aromatic nitrogens is 5. The summed E-state index contributed by atoms with van der Waals surface area (Å²) in [6.07, 6.45) is 1.91. The van der Waals surface area contributed by atoms with Gasteiger partial charge in [0.05, 0.1) is 5.69 Å². The van der Waals surface area contributed by atoms with Gasteiger partial charge in [-0.1, -0.05) is 13.3 Å². The molecule has 0 amide bonds. The van der Waals surface area contributed by atoms with E-state index < -0.39 is 0 Å². The first-order chi connectivity index (χ1) is 8.04. The molecule has 2 aromatic heterocycles. The van der Waals surface area contributed by atoms with Crippen molar-refractivity contribution in [3.63, 3.8) is 0 Å². The normalized spacial score (nSPS) is 11.1. The van der Waals surface area contributed by atoms with E-state index in [9.17, 15) is 0 Å². The molecular formula is C11H18N6. The quantitative estimate of drug-likeness (QED) is 0.864. The van der Waals surface area contributed by atoms with Crippen molar-refractivity contribution in [1.29, 1.82) is 0 Å². The molecule has 6 heteroatoms. The molecule has 0 radical (unpaired) electrons. The van der Waals surface area contributed by atoms with Gasteiger partial charge < -0.3 is 5.73 Å². The maximum Gasteiger partial charge on any atom is 0.177 e. The number of nitrogen functional groups attached to an aromatic ring is 1. The highest BCUT2D eigenvalue weighted by atomic mass is 15.4. The van der Waals surface area contributed by atoms with Crippen molar-refractivity contribution in [2.75, 3.05) is 5.73 Å². The van der Waals surface area contributed by atoms with E-state index in [2.05, 4.69) is 22.1 Å². The lowest BCUT2D eigenvalue weighted by molar-refractivity contribution is 0.675. The first-order valence-electron chi connectivity index (χ1n) is 5.76. The number of rotatable bonds is 3. The average molecular weight is 234 g/mol. The van der Waals surface area contributed by atoms with Crippen molar-refractivity contribution >= 4 is 5.69 Å². The molecule has 0 aromatic carbocycles. The van der Waals surface area contributed by atoms with Crippen LogP contribution in [-0.2, 0) is 13.5 Å². The SMILES string of the molecule is CCCc1nn(C)c(-n2nc(C)nc2C)c1N. The molecule has 0 fully saturated rings. The number of anilines is 1. The van der Waals surface area contributed by atoms with Crippen LogP contribution < -0.4 is 5.73 Å². The van der Waals surface area contributed by atoms with Crippen LogP contribution in [0.2, 0.25) is 0 Å².